The molecule has 0 aromatic carbocycles. The zero-order valence-electron chi connectivity index (χ0n) is 19.6. The average molecular weight is 389 g/mol. The third-order valence-electron chi connectivity index (χ3n) is 10.8. The largest absolute Gasteiger partial charge is 0.393 e. The lowest BCUT2D eigenvalue weighted by Crippen LogP contribution is -2.54. The smallest absolute Gasteiger partial charge is 0.0545 e. The third-order valence-corrected chi connectivity index (χ3v) is 10.8. The molecule has 0 radical (unpaired) electrons. The summed E-state index contributed by atoms with van der Waals surface area (Å²) < 4.78 is 0. The predicted molar refractivity (Wildman–Crippen MR) is 119 cm³/mol. The molecule has 9 atom stereocenters. The van der Waals surface area contributed by atoms with Crippen LogP contribution < -0.4 is 0 Å². The lowest BCUT2D eigenvalue weighted by atomic mass is 9.44. The van der Waals surface area contributed by atoms with Crippen LogP contribution in [0, 0.1) is 52.3 Å². The fourth-order valence-corrected chi connectivity index (χ4v) is 9.35. The van der Waals surface area contributed by atoms with Gasteiger partial charge in [0.15, 0.2) is 0 Å². The molecule has 28 heavy (non-hydrogen) atoms. The fraction of sp³-hybridized carbons (Fsp3) is 1.00. The van der Waals surface area contributed by atoms with Gasteiger partial charge in [0.1, 0.15) is 0 Å². The van der Waals surface area contributed by atoms with E-state index in [0.29, 0.717) is 10.8 Å². The Morgan fingerprint density at radius 3 is 2.29 bits per heavy atom. The SMILES string of the molecule is CC(C)CCC[C@@H](C)[C@@H]1CC[C@@H]2[C@@H]3CC[C@H]4CC[C@H](O)C[C@]4(C)[C@H]3CC[C@@]21C. The van der Waals surface area contributed by atoms with Crippen molar-refractivity contribution in [2.75, 3.05) is 0 Å². The highest BCUT2D eigenvalue weighted by molar-refractivity contribution is 5.09. The summed E-state index contributed by atoms with van der Waals surface area (Å²) in [6.45, 7) is 12.6. The highest BCUT2D eigenvalue weighted by Gasteiger charge is 2.60. The standard InChI is InChI=1S/C27H48O/c1-18(2)7-6-8-19(3)23-13-14-24-22-12-10-20-9-11-21(28)17-27(20,5)25(22)15-16-26(23,24)4/h18-25,28H,6-17H2,1-5H3/t19-,20-,21+,22+,23+,24-,25+,26-,27+/m1/s1. The zero-order valence-corrected chi connectivity index (χ0v) is 19.6. The van der Waals surface area contributed by atoms with Crippen molar-refractivity contribution in [2.45, 2.75) is 118 Å². The van der Waals surface area contributed by atoms with Gasteiger partial charge in [-0.2, -0.15) is 0 Å². The Morgan fingerprint density at radius 2 is 1.54 bits per heavy atom. The second kappa shape index (κ2) is 7.90. The molecule has 1 heteroatoms. The van der Waals surface area contributed by atoms with Crippen LogP contribution in [0.1, 0.15) is 112 Å². The van der Waals surface area contributed by atoms with Crippen LogP contribution in [-0.2, 0) is 0 Å². The Labute approximate surface area is 175 Å². The van der Waals surface area contributed by atoms with Gasteiger partial charge in [0, 0.05) is 0 Å². The molecule has 0 spiro atoms. The molecule has 162 valence electrons. The first-order valence-electron chi connectivity index (χ1n) is 12.9. The topological polar surface area (TPSA) is 20.2 Å². The van der Waals surface area contributed by atoms with E-state index < -0.39 is 0 Å². The number of hydrogen-bond acceptors (Lipinski definition) is 1. The van der Waals surface area contributed by atoms with Crippen molar-refractivity contribution < 1.29 is 5.11 Å². The first-order chi connectivity index (χ1) is 13.3. The van der Waals surface area contributed by atoms with Crippen LogP contribution >= 0.6 is 0 Å². The predicted octanol–water partition coefficient (Wildman–Crippen LogP) is 7.47. The van der Waals surface area contributed by atoms with Crippen LogP contribution in [0.15, 0.2) is 0 Å². The molecule has 1 nitrogen and oxygen atoms in total. The molecule has 0 bridgehead atoms. The highest BCUT2D eigenvalue weighted by atomic mass is 16.3. The molecule has 0 saturated heterocycles. The summed E-state index contributed by atoms with van der Waals surface area (Å²) in [5.41, 5.74) is 1.04. The van der Waals surface area contributed by atoms with Crippen LogP contribution in [0.5, 0.6) is 0 Å². The Hall–Kier alpha value is -0.0400. The second-order valence-electron chi connectivity index (χ2n) is 12.6. The number of rotatable bonds is 5. The summed E-state index contributed by atoms with van der Waals surface area (Å²) in [7, 11) is 0. The van der Waals surface area contributed by atoms with E-state index in [4.69, 9.17) is 0 Å². The van der Waals surface area contributed by atoms with Crippen molar-refractivity contribution in [3.8, 4) is 0 Å². The average Bonchev–Trinajstić information content (AvgIpc) is 2.98. The first-order valence-corrected chi connectivity index (χ1v) is 12.9. The van der Waals surface area contributed by atoms with Gasteiger partial charge in [-0.1, -0.05) is 53.9 Å². The molecule has 1 N–H and O–H groups in total. The van der Waals surface area contributed by atoms with E-state index in [0.717, 1.165) is 54.3 Å². The van der Waals surface area contributed by atoms with E-state index in [1.54, 1.807) is 0 Å². The molecule has 0 aliphatic heterocycles. The maximum Gasteiger partial charge on any atom is 0.0545 e. The van der Waals surface area contributed by atoms with Gasteiger partial charge in [-0.15, -0.1) is 0 Å². The summed E-state index contributed by atoms with van der Waals surface area (Å²) in [5.74, 6) is 6.46. The van der Waals surface area contributed by atoms with Gasteiger partial charge >= 0.3 is 0 Å². The molecule has 4 fully saturated rings. The van der Waals surface area contributed by atoms with Gasteiger partial charge in [-0.25, -0.2) is 0 Å². The molecule has 0 heterocycles. The third kappa shape index (κ3) is 3.50. The molecule has 0 unspecified atom stereocenters. The highest BCUT2D eigenvalue weighted by Crippen LogP contribution is 2.68. The van der Waals surface area contributed by atoms with Crippen molar-refractivity contribution in [2.24, 2.45) is 52.3 Å². The van der Waals surface area contributed by atoms with Gasteiger partial charge in [-0.05, 0) is 110 Å². The monoisotopic (exact) mass is 388 g/mol. The molecule has 4 aliphatic rings. The van der Waals surface area contributed by atoms with Crippen LogP contribution in [0.25, 0.3) is 0 Å². The Bertz CT molecular complexity index is 540. The minimum absolute atomic E-state index is 0.0226. The summed E-state index contributed by atoms with van der Waals surface area (Å²) in [5, 5.41) is 10.5. The van der Waals surface area contributed by atoms with Crippen LogP contribution in [0.3, 0.4) is 0 Å². The van der Waals surface area contributed by atoms with E-state index in [9.17, 15) is 5.11 Å². The Morgan fingerprint density at radius 1 is 0.821 bits per heavy atom. The van der Waals surface area contributed by atoms with E-state index in [2.05, 4.69) is 34.6 Å². The summed E-state index contributed by atoms with van der Waals surface area (Å²) in [6, 6.07) is 0. The Kier molecular flexibility index (Phi) is 5.98. The molecular formula is C27H48O. The van der Waals surface area contributed by atoms with E-state index in [1.165, 1.54) is 64.2 Å². The quantitative estimate of drug-likeness (QED) is 0.518. The molecule has 4 rings (SSSR count). The summed E-state index contributed by atoms with van der Waals surface area (Å²) >= 11 is 0. The van der Waals surface area contributed by atoms with Crippen LogP contribution in [0.4, 0.5) is 0 Å². The van der Waals surface area contributed by atoms with Crippen molar-refractivity contribution in [3.63, 3.8) is 0 Å². The van der Waals surface area contributed by atoms with Crippen molar-refractivity contribution in [1.82, 2.24) is 0 Å². The number of aliphatic hydroxyl groups is 1. The molecule has 4 saturated carbocycles. The fourth-order valence-electron chi connectivity index (χ4n) is 9.35. The van der Waals surface area contributed by atoms with E-state index in [-0.39, 0.29) is 6.10 Å². The van der Waals surface area contributed by atoms with Gasteiger partial charge in [0.2, 0.25) is 0 Å². The van der Waals surface area contributed by atoms with Crippen molar-refractivity contribution in [3.05, 3.63) is 0 Å². The Balaban J connectivity index is 1.47. The lowest BCUT2D eigenvalue weighted by Gasteiger charge is -2.61. The maximum absolute atomic E-state index is 10.5. The molecule has 4 aliphatic carbocycles. The molecule has 0 aromatic heterocycles. The molecule has 0 aromatic rings. The summed E-state index contributed by atoms with van der Waals surface area (Å²) in [6.07, 6.45) is 16.6. The minimum atomic E-state index is -0.0226. The number of aliphatic hydroxyl groups excluding tert-OH is 1. The van der Waals surface area contributed by atoms with Crippen LogP contribution in [0.2, 0.25) is 0 Å². The van der Waals surface area contributed by atoms with Crippen LogP contribution in [-0.4, -0.2) is 11.2 Å². The number of hydrogen-bond donors (Lipinski definition) is 1. The van der Waals surface area contributed by atoms with Crippen molar-refractivity contribution >= 4 is 0 Å². The van der Waals surface area contributed by atoms with Gasteiger partial charge < -0.3 is 5.11 Å². The first kappa shape index (κ1) is 21.2. The molecular weight excluding hydrogens is 340 g/mol. The van der Waals surface area contributed by atoms with E-state index in [1.807, 2.05) is 0 Å². The number of fused-ring (bicyclic) bond motifs is 5. The summed E-state index contributed by atoms with van der Waals surface area (Å²) in [4.78, 5) is 0. The normalized spacial score (nSPS) is 49.4. The lowest BCUT2D eigenvalue weighted by molar-refractivity contribution is -0.132. The minimum Gasteiger partial charge on any atom is -0.393 e. The van der Waals surface area contributed by atoms with Gasteiger partial charge in [0.25, 0.3) is 0 Å². The second-order valence-corrected chi connectivity index (χ2v) is 12.6. The van der Waals surface area contributed by atoms with Gasteiger partial charge in [0.05, 0.1) is 6.10 Å². The molecule has 0 amide bonds. The van der Waals surface area contributed by atoms with E-state index >= 15 is 0 Å². The zero-order chi connectivity index (χ0) is 20.1. The van der Waals surface area contributed by atoms with Crippen molar-refractivity contribution in [1.29, 1.82) is 0 Å². The van der Waals surface area contributed by atoms with Gasteiger partial charge in [-0.3, -0.25) is 0 Å². The maximum atomic E-state index is 10.5.